The topological polar surface area (TPSA) is 75.3 Å². The number of nitrogens with zero attached hydrogens (tertiary/aromatic N) is 2. The minimum absolute atomic E-state index is 0.175. The van der Waals surface area contributed by atoms with E-state index < -0.39 is 6.10 Å². The zero-order chi connectivity index (χ0) is 17.3. The summed E-state index contributed by atoms with van der Waals surface area (Å²) in [6.07, 6.45) is 1.27. The molecule has 1 aliphatic rings. The van der Waals surface area contributed by atoms with Gasteiger partial charge in [0.15, 0.2) is 6.10 Å². The number of nitrogens with one attached hydrogen (secondary N) is 1. The Hall–Kier alpha value is -1.86. The number of carbonyl (C=O) groups is 1. The van der Waals surface area contributed by atoms with Gasteiger partial charge < -0.3 is 14.6 Å². The maximum Gasteiger partial charge on any atom is 0.263 e. The standard InChI is InChI=1S/C16H15BrClN3O3/c1-9(24-14-3-2-10(18)6-12(14)17)16(23)21-5-4-13-11(7-21)15(22)20-8-19-13/h2-3,6,8-9H,4-5,7H2,1H3,(H,19,20,22). The third-order valence-electron chi connectivity index (χ3n) is 3.86. The van der Waals surface area contributed by atoms with Gasteiger partial charge in [-0.1, -0.05) is 11.6 Å². The molecule has 0 spiro atoms. The summed E-state index contributed by atoms with van der Waals surface area (Å²) in [6, 6.07) is 5.11. The van der Waals surface area contributed by atoms with Crippen LogP contribution in [0, 0.1) is 0 Å². The molecule has 1 unspecified atom stereocenters. The van der Waals surface area contributed by atoms with E-state index in [-0.39, 0.29) is 18.0 Å². The molecule has 1 aromatic heterocycles. The van der Waals surface area contributed by atoms with Crippen LogP contribution in [-0.2, 0) is 17.8 Å². The first-order valence-corrected chi connectivity index (χ1v) is 8.58. The van der Waals surface area contributed by atoms with Crippen molar-refractivity contribution < 1.29 is 9.53 Å². The van der Waals surface area contributed by atoms with Crippen LogP contribution in [0.1, 0.15) is 18.2 Å². The summed E-state index contributed by atoms with van der Waals surface area (Å²) in [4.78, 5) is 32.8. The van der Waals surface area contributed by atoms with Gasteiger partial charge in [0.2, 0.25) is 0 Å². The zero-order valence-electron chi connectivity index (χ0n) is 12.9. The average molecular weight is 413 g/mol. The number of ether oxygens (including phenoxy) is 1. The number of aromatic amines is 1. The highest BCUT2D eigenvalue weighted by Crippen LogP contribution is 2.29. The van der Waals surface area contributed by atoms with Crippen LogP contribution < -0.4 is 10.3 Å². The van der Waals surface area contributed by atoms with E-state index in [9.17, 15) is 9.59 Å². The van der Waals surface area contributed by atoms with Gasteiger partial charge in [0.1, 0.15) is 5.75 Å². The van der Waals surface area contributed by atoms with Crippen LogP contribution in [0.4, 0.5) is 0 Å². The number of rotatable bonds is 3. The summed E-state index contributed by atoms with van der Waals surface area (Å²) in [5.74, 6) is 0.364. The molecular formula is C16H15BrClN3O3. The lowest BCUT2D eigenvalue weighted by atomic mass is 10.1. The van der Waals surface area contributed by atoms with E-state index >= 15 is 0 Å². The maximum absolute atomic E-state index is 12.6. The van der Waals surface area contributed by atoms with Crippen molar-refractivity contribution in [2.45, 2.75) is 26.0 Å². The molecule has 2 aromatic rings. The van der Waals surface area contributed by atoms with E-state index in [4.69, 9.17) is 16.3 Å². The molecule has 0 saturated carbocycles. The van der Waals surface area contributed by atoms with E-state index in [0.29, 0.717) is 33.8 Å². The van der Waals surface area contributed by atoms with Crippen molar-refractivity contribution >= 4 is 33.4 Å². The van der Waals surface area contributed by atoms with Crippen molar-refractivity contribution in [3.8, 4) is 5.75 Å². The summed E-state index contributed by atoms with van der Waals surface area (Å²) in [5, 5.41) is 0.576. The Bertz CT molecular complexity index is 840. The second kappa shape index (κ2) is 6.94. The van der Waals surface area contributed by atoms with Crippen molar-refractivity contribution in [2.75, 3.05) is 6.54 Å². The highest BCUT2D eigenvalue weighted by Gasteiger charge is 2.28. The number of halogens is 2. The van der Waals surface area contributed by atoms with Crippen LogP contribution >= 0.6 is 27.5 Å². The van der Waals surface area contributed by atoms with Crippen molar-refractivity contribution in [1.82, 2.24) is 14.9 Å². The van der Waals surface area contributed by atoms with Gasteiger partial charge in [-0.25, -0.2) is 4.98 Å². The number of hydrogen-bond acceptors (Lipinski definition) is 4. The summed E-state index contributed by atoms with van der Waals surface area (Å²) < 4.78 is 6.41. The van der Waals surface area contributed by atoms with Crippen molar-refractivity contribution in [3.05, 3.63) is 55.6 Å². The monoisotopic (exact) mass is 411 g/mol. The third-order valence-corrected chi connectivity index (χ3v) is 4.72. The van der Waals surface area contributed by atoms with Crippen LogP contribution in [0.5, 0.6) is 5.75 Å². The zero-order valence-corrected chi connectivity index (χ0v) is 15.2. The van der Waals surface area contributed by atoms with Crippen LogP contribution in [0.25, 0.3) is 0 Å². The molecule has 0 fully saturated rings. The Morgan fingerprint density at radius 1 is 1.50 bits per heavy atom. The number of benzene rings is 1. The molecule has 0 bridgehead atoms. The van der Waals surface area contributed by atoms with Gasteiger partial charge in [0.25, 0.3) is 11.5 Å². The minimum atomic E-state index is -0.681. The van der Waals surface area contributed by atoms with Gasteiger partial charge in [-0.2, -0.15) is 0 Å². The molecular weight excluding hydrogens is 398 g/mol. The Kier molecular flexibility index (Phi) is 4.91. The van der Waals surface area contributed by atoms with Crippen molar-refractivity contribution in [1.29, 1.82) is 0 Å². The predicted molar refractivity (Wildman–Crippen MR) is 93.2 cm³/mol. The molecule has 24 heavy (non-hydrogen) atoms. The normalized spacial score (nSPS) is 14.9. The van der Waals surface area contributed by atoms with E-state index in [1.165, 1.54) is 6.33 Å². The highest BCUT2D eigenvalue weighted by molar-refractivity contribution is 9.10. The number of aromatic nitrogens is 2. The SMILES string of the molecule is CC(Oc1ccc(Cl)cc1Br)C(=O)N1CCc2nc[nH]c(=O)c2C1. The second-order valence-corrected chi connectivity index (χ2v) is 6.79. The molecule has 3 rings (SSSR count). The first-order chi connectivity index (χ1) is 11.5. The molecule has 2 heterocycles. The van der Waals surface area contributed by atoms with Crippen LogP contribution in [-0.4, -0.2) is 33.4 Å². The summed E-state index contributed by atoms with van der Waals surface area (Å²) in [7, 11) is 0. The molecule has 1 amide bonds. The van der Waals surface area contributed by atoms with Crippen molar-refractivity contribution in [2.24, 2.45) is 0 Å². The molecule has 8 heteroatoms. The maximum atomic E-state index is 12.6. The fraction of sp³-hybridized carbons (Fsp3) is 0.312. The van der Waals surface area contributed by atoms with Gasteiger partial charge in [-0.3, -0.25) is 9.59 Å². The number of carbonyl (C=O) groups excluding carboxylic acids is 1. The number of hydrogen-bond donors (Lipinski definition) is 1. The largest absolute Gasteiger partial charge is 0.480 e. The first-order valence-electron chi connectivity index (χ1n) is 7.41. The van der Waals surface area contributed by atoms with E-state index in [2.05, 4.69) is 25.9 Å². The van der Waals surface area contributed by atoms with Gasteiger partial charge in [-0.05, 0) is 41.1 Å². The van der Waals surface area contributed by atoms with Crippen LogP contribution in [0.2, 0.25) is 5.02 Å². The number of H-pyrrole nitrogens is 1. The lowest BCUT2D eigenvalue weighted by Gasteiger charge is -2.29. The number of fused-ring (bicyclic) bond motifs is 1. The molecule has 126 valence electrons. The Morgan fingerprint density at radius 3 is 3.04 bits per heavy atom. The van der Waals surface area contributed by atoms with Gasteiger partial charge in [0, 0.05) is 18.0 Å². The van der Waals surface area contributed by atoms with E-state index in [1.807, 2.05) is 0 Å². The minimum Gasteiger partial charge on any atom is -0.480 e. The summed E-state index contributed by atoms with van der Waals surface area (Å²) >= 11 is 9.26. The average Bonchev–Trinajstić information content (AvgIpc) is 2.57. The van der Waals surface area contributed by atoms with Gasteiger partial charge >= 0.3 is 0 Å². The Balaban J connectivity index is 1.72. The molecule has 0 saturated heterocycles. The molecule has 1 aliphatic heterocycles. The lowest BCUT2D eigenvalue weighted by Crippen LogP contribution is -2.45. The Morgan fingerprint density at radius 2 is 2.29 bits per heavy atom. The fourth-order valence-electron chi connectivity index (χ4n) is 2.61. The van der Waals surface area contributed by atoms with Crippen LogP contribution in [0.15, 0.2) is 33.8 Å². The van der Waals surface area contributed by atoms with Gasteiger partial charge in [-0.15, -0.1) is 0 Å². The highest BCUT2D eigenvalue weighted by atomic mass is 79.9. The molecule has 0 aliphatic carbocycles. The van der Waals surface area contributed by atoms with Crippen LogP contribution in [0.3, 0.4) is 0 Å². The fourth-order valence-corrected chi connectivity index (χ4v) is 3.39. The van der Waals surface area contributed by atoms with E-state index in [0.717, 1.165) is 5.69 Å². The molecule has 1 atom stereocenters. The van der Waals surface area contributed by atoms with E-state index in [1.54, 1.807) is 30.0 Å². The molecule has 6 nitrogen and oxygen atoms in total. The third kappa shape index (κ3) is 3.47. The predicted octanol–water partition coefficient (Wildman–Crippen LogP) is 2.54. The molecule has 1 aromatic carbocycles. The molecule has 1 N–H and O–H groups in total. The van der Waals surface area contributed by atoms with Gasteiger partial charge in [0.05, 0.1) is 28.6 Å². The first kappa shape index (κ1) is 17.0. The lowest BCUT2D eigenvalue weighted by molar-refractivity contribution is -0.139. The van der Waals surface area contributed by atoms with Crippen molar-refractivity contribution in [3.63, 3.8) is 0 Å². The summed E-state index contributed by atoms with van der Waals surface area (Å²) in [6.45, 7) is 2.44. The quantitative estimate of drug-likeness (QED) is 0.840. The second-order valence-electron chi connectivity index (χ2n) is 5.50. The Labute approximate surface area is 151 Å². The number of amides is 1. The smallest absolute Gasteiger partial charge is 0.263 e. The molecule has 0 radical (unpaired) electrons. The summed E-state index contributed by atoms with van der Waals surface area (Å²) in [5.41, 5.74) is 1.08.